The molecular formula is C17H26N4O3. The van der Waals surface area contributed by atoms with Crippen LogP contribution < -0.4 is 10.6 Å². The molecule has 3 rings (SSSR count). The normalized spacial score (nSPS) is 27.2. The lowest BCUT2D eigenvalue weighted by molar-refractivity contribution is -0.128. The van der Waals surface area contributed by atoms with Gasteiger partial charge in [0.2, 0.25) is 5.91 Å². The van der Waals surface area contributed by atoms with E-state index in [9.17, 15) is 9.59 Å². The maximum Gasteiger partial charge on any atom is 0.315 e. The van der Waals surface area contributed by atoms with Crippen molar-refractivity contribution in [3.05, 3.63) is 17.0 Å². The molecule has 1 saturated heterocycles. The standard InChI is InChI=1S/C17H26N4O3/c1-9-5-15(9)21-8-13(7-16(21)22)19-17(23)18-10(2)6-14-11(3)20-24-12(14)4/h9-10,13,15H,5-8H2,1-4H3,(H2,18,19,23). The average molecular weight is 334 g/mol. The van der Waals surface area contributed by atoms with Crippen LogP contribution in [0.2, 0.25) is 0 Å². The van der Waals surface area contributed by atoms with Crippen LogP contribution in [0.4, 0.5) is 4.79 Å². The Morgan fingerprint density at radius 1 is 1.46 bits per heavy atom. The molecule has 4 unspecified atom stereocenters. The Balaban J connectivity index is 1.46. The second-order valence-corrected chi connectivity index (χ2v) is 7.25. The van der Waals surface area contributed by atoms with Crippen LogP contribution in [0.5, 0.6) is 0 Å². The first kappa shape index (κ1) is 16.8. The van der Waals surface area contributed by atoms with Gasteiger partial charge in [0.05, 0.1) is 11.7 Å². The molecule has 0 aromatic carbocycles. The molecule has 0 bridgehead atoms. The highest BCUT2D eigenvalue weighted by Crippen LogP contribution is 2.37. The molecule has 7 nitrogen and oxygen atoms in total. The highest BCUT2D eigenvalue weighted by Gasteiger charge is 2.44. The van der Waals surface area contributed by atoms with Gasteiger partial charge in [-0.3, -0.25) is 4.79 Å². The van der Waals surface area contributed by atoms with Crippen LogP contribution in [-0.4, -0.2) is 46.7 Å². The summed E-state index contributed by atoms with van der Waals surface area (Å²) >= 11 is 0. The van der Waals surface area contributed by atoms with Gasteiger partial charge in [0.25, 0.3) is 0 Å². The lowest BCUT2D eigenvalue weighted by Crippen LogP contribution is -2.47. The maximum absolute atomic E-state index is 12.2. The first-order valence-electron chi connectivity index (χ1n) is 8.63. The molecule has 2 N–H and O–H groups in total. The summed E-state index contributed by atoms with van der Waals surface area (Å²) in [6.07, 6.45) is 2.15. The van der Waals surface area contributed by atoms with Crippen molar-refractivity contribution in [2.45, 2.75) is 65.1 Å². The van der Waals surface area contributed by atoms with Gasteiger partial charge in [-0.1, -0.05) is 12.1 Å². The molecule has 1 saturated carbocycles. The van der Waals surface area contributed by atoms with Gasteiger partial charge in [-0.05, 0) is 39.5 Å². The number of hydrogen-bond donors (Lipinski definition) is 2. The van der Waals surface area contributed by atoms with Crippen molar-refractivity contribution in [3.8, 4) is 0 Å². The number of amides is 3. The van der Waals surface area contributed by atoms with Crippen LogP contribution in [0.25, 0.3) is 0 Å². The molecule has 0 radical (unpaired) electrons. The fourth-order valence-corrected chi connectivity index (χ4v) is 3.49. The molecule has 2 heterocycles. The van der Waals surface area contributed by atoms with Crippen LogP contribution in [0, 0.1) is 19.8 Å². The number of rotatable bonds is 5. The van der Waals surface area contributed by atoms with E-state index in [0.717, 1.165) is 23.4 Å². The lowest BCUT2D eigenvalue weighted by Gasteiger charge is -2.19. The Kier molecular flexibility index (Phi) is 4.51. The van der Waals surface area contributed by atoms with E-state index in [1.165, 1.54) is 0 Å². The molecular weight excluding hydrogens is 308 g/mol. The van der Waals surface area contributed by atoms with Gasteiger partial charge in [0, 0.05) is 30.6 Å². The minimum Gasteiger partial charge on any atom is -0.361 e. The summed E-state index contributed by atoms with van der Waals surface area (Å²) < 4.78 is 5.15. The van der Waals surface area contributed by atoms with Gasteiger partial charge in [0.15, 0.2) is 0 Å². The molecule has 1 aromatic rings. The van der Waals surface area contributed by atoms with Crippen molar-refractivity contribution in [2.75, 3.05) is 6.54 Å². The monoisotopic (exact) mass is 334 g/mol. The van der Waals surface area contributed by atoms with Crippen molar-refractivity contribution in [3.63, 3.8) is 0 Å². The van der Waals surface area contributed by atoms with Gasteiger partial charge in [-0.15, -0.1) is 0 Å². The van der Waals surface area contributed by atoms with E-state index >= 15 is 0 Å². The molecule has 2 aliphatic rings. The Morgan fingerprint density at radius 2 is 2.17 bits per heavy atom. The quantitative estimate of drug-likeness (QED) is 0.855. The Labute approximate surface area is 142 Å². The van der Waals surface area contributed by atoms with Crippen LogP contribution in [0.15, 0.2) is 4.52 Å². The van der Waals surface area contributed by atoms with Crippen LogP contribution >= 0.6 is 0 Å². The minimum absolute atomic E-state index is 0.0431. The second-order valence-electron chi connectivity index (χ2n) is 7.25. The molecule has 1 aliphatic heterocycles. The van der Waals surface area contributed by atoms with E-state index in [-0.39, 0.29) is 24.0 Å². The number of carbonyl (C=O) groups is 2. The molecule has 1 aliphatic carbocycles. The number of aromatic nitrogens is 1. The van der Waals surface area contributed by atoms with Crippen molar-refractivity contribution in [1.29, 1.82) is 0 Å². The summed E-state index contributed by atoms with van der Waals surface area (Å²) in [5, 5.41) is 9.79. The maximum atomic E-state index is 12.2. The molecule has 7 heteroatoms. The fraction of sp³-hybridized carbons (Fsp3) is 0.706. The summed E-state index contributed by atoms with van der Waals surface area (Å²) in [6, 6.07) is 0.0126. The van der Waals surface area contributed by atoms with Gasteiger partial charge in [-0.2, -0.15) is 0 Å². The third-order valence-electron chi connectivity index (χ3n) is 5.03. The number of carbonyl (C=O) groups excluding carboxylic acids is 2. The molecule has 3 amide bonds. The van der Waals surface area contributed by atoms with Gasteiger partial charge >= 0.3 is 6.03 Å². The predicted octanol–water partition coefficient (Wildman–Crippen LogP) is 1.53. The molecule has 2 fully saturated rings. The topological polar surface area (TPSA) is 87.5 Å². The molecule has 24 heavy (non-hydrogen) atoms. The molecule has 4 atom stereocenters. The Morgan fingerprint density at radius 3 is 2.75 bits per heavy atom. The van der Waals surface area contributed by atoms with Crippen molar-refractivity contribution in [2.24, 2.45) is 5.92 Å². The number of urea groups is 1. The third-order valence-corrected chi connectivity index (χ3v) is 5.03. The molecule has 0 spiro atoms. The van der Waals surface area contributed by atoms with Crippen LogP contribution in [-0.2, 0) is 11.2 Å². The molecule has 1 aromatic heterocycles. The first-order chi connectivity index (χ1) is 11.3. The fourth-order valence-electron chi connectivity index (χ4n) is 3.49. The summed E-state index contributed by atoms with van der Waals surface area (Å²) in [4.78, 5) is 26.1. The second kappa shape index (κ2) is 6.45. The van der Waals surface area contributed by atoms with Crippen molar-refractivity contribution < 1.29 is 14.1 Å². The highest BCUT2D eigenvalue weighted by molar-refractivity contribution is 5.82. The largest absolute Gasteiger partial charge is 0.361 e. The highest BCUT2D eigenvalue weighted by atomic mass is 16.5. The summed E-state index contributed by atoms with van der Waals surface area (Å²) in [6.45, 7) is 8.50. The van der Waals surface area contributed by atoms with E-state index in [0.29, 0.717) is 31.3 Å². The SMILES string of the molecule is Cc1noc(C)c1CC(C)NC(=O)NC1CC(=O)N(C2CC2C)C1. The summed E-state index contributed by atoms with van der Waals surface area (Å²) in [5.41, 5.74) is 1.89. The van der Waals surface area contributed by atoms with Crippen LogP contribution in [0.3, 0.4) is 0 Å². The van der Waals surface area contributed by atoms with Crippen LogP contribution in [0.1, 0.15) is 43.7 Å². The zero-order chi connectivity index (χ0) is 17.4. The molecule has 132 valence electrons. The van der Waals surface area contributed by atoms with Gasteiger partial charge in [0.1, 0.15) is 5.76 Å². The number of aryl methyl sites for hydroxylation is 2. The summed E-state index contributed by atoms with van der Waals surface area (Å²) in [5.74, 6) is 1.53. The number of nitrogens with one attached hydrogen (secondary N) is 2. The number of hydrogen-bond acceptors (Lipinski definition) is 4. The van der Waals surface area contributed by atoms with E-state index in [1.54, 1.807) is 0 Å². The van der Waals surface area contributed by atoms with E-state index < -0.39 is 0 Å². The first-order valence-corrected chi connectivity index (χ1v) is 8.63. The third kappa shape index (κ3) is 3.55. The average Bonchev–Trinajstić information content (AvgIpc) is 2.99. The number of nitrogens with zero attached hydrogens (tertiary/aromatic N) is 2. The van der Waals surface area contributed by atoms with E-state index in [4.69, 9.17) is 4.52 Å². The zero-order valence-electron chi connectivity index (χ0n) is 14.8. The summed E-state index contributed by atoms with van der Waals surface area (Å²) in [7, 11) is 0. The zero-order valence-corrected chi connectivity index (χ0v) is 14.8. The lowest BCUT2D eigenvalue weighted by atomic mass is 10.1. The van der Waals surface area contributed by atoms with E-state index in [1.807, 2.05) is 25.7 Å². The number of likely N-dealkylation sites (tertiary alicyclic amines) is 1. The van der Waals surface area contributed by atoms with Gasteiger partial charge in [-0.25, -0.2) is 4.79 Å². The van der Waals surface area contributed by atoms with Gasteiger partial charge < -0.3 is 20.1 Å². The smallest absolute Gasteiger partial charge is 0.315 e. The Bertz CT molecular complexity index is 622. The van der Waals surface area contributed by atoms with E-state index in [2.05, 4.69) is 22.7 Å². The van der Waals surface area contributed by atoms with Crippen molar-refractivity contribution >= 4 is 11.9 Å². The van der Waals surface area contributed by atoms with Crippen molar-refractivity contribution in [1.82, 2.24) is 20.7 Å². The minimum atomic E-state index is -0.224. The predicted molar refractivity (Wildman–Crippen MR) is 88.5 cm³/mol. The Hall–Kier alpha value is -2.05.